The smallest absolute Gasteiger partial charge is 0.306 e. The highest BCUT2D eigenvalue weighted by molar-refractivity contribution is 5.95. The molecule has 0 spiro atoms. The first-order valence-electron chi connectivity index (χ1n) is 4.34. The van der Waals surface area contributed by atoms with E-state index in [1.807, 2.05) is 0 Å². The van der Waals surface area contributed by atoms with Gasteiger partial charge in [0.05, 0.1) is 18.6 Å². The van der Waals surface area contributed by atoms with Crippen molar-refractivity contribution in [2.45, 2.75) is 6.42 Å². The van der Waals surface area contributed by atoms with E-state index in [-0.39, 0.29) is 18.6 Å². The molecule has 1 aromatic carbocycles. The van der Waals surface area contributed by atoms with E-state index in [0.29, 0.717) is 5.75 Å². The lowest BCUT2D eigenvalue weighted by atomic mass is 10.2. The first kappa shape index (κ1) is 11.0. The fourth-order valence-electron chi connectivity index (χ4n) is 1.04. The number of rotatable bonds is 5. The van der Waals surface area contributed by atoms with Crippen molar-refractivity contribution in [1.82, 2.24) is 0 Å². The molecule has 15 heavy (non-hydrogen) atoms. The number of carboxylic acids is 1. The van der Waals surface area contributed by atoms with Crippen LogP contribution in [0, 0.1) is 0 Å². The molecule has 0 atom stereocenters. The molecule has 5 heteroatoms. The van der Waals surface area contributed by atoms with Crippen molar-refractivity contribution >= 4 is 11.9 Å². The number of hydrogen-bond donors (Lipinski definition) is 2. The summed E-state index contributed by atoms with van der Waals surface area (Å²) in [7, 11) is 0. The zero-order valence-corrected chi connectivity index (χ0v) is 7.97. The average Bonchev–Trinajstić information content (AvgIpc) is 2.17. The predicted molar refractivity (Wildman–Crippen MR) is 52.7 cm³/mol. The Labute approximate surface area is 86.5 Å². The van der Waals surface area contributed by atoms with E-state index in [1.165, 1.54) is 6.07 Å². The van der Waals surface area contributed by atoms with Crippen molar-refractivity contribution < 1.29 is 19.4 Å². The average molecular weight is 209 g/mol. The van der Waals surface area contributed by atoms with E-state index < -0.39 is 11.9 Å². The number of hydrogen-bond acceptors (Lipinski definition) is 3. The molecule has 3 N–H and O–H groups in total. The Bertz CT molecular complexity index is 375. The van der Waals surface area contributed by atoms with Crippen LogP contribution in [-0.4, -0.2) is 23.6 Å². The van der Waals surface area contributed by atoms with Gasteiger partial charge >= 0.3 is 5.97 Å². The summed E-state index contributed by atoms with van der Waals surface area (Å²) in [5.41, 5.74) is 5.36. The summed E-state index contributed by atoms with van der Waals surface area (Å²) >= 11 is 0. The number of amides is 1. The monoisotopic (exact) mass is 209 g/mol. The summed E-state index contributed by atoms with van der Waals surface area (Å²) < 4.78 is 5.13. The zero-order valence-electron chi connectivity index (χ0n) is 7.97. The second-order valence-electron chi connectivity index (χ2n) is 2.85. The molecule has 0 fully saturated rings. The first-order valence-corrected chi connectivity index (χ1v) is 4.34. The number of para-hydroxylation sites is 1. The van der Waals surface area contributed by atoms with E-state index in [9.17, 15) is 9.59 Å². The van der Waals surface area contributed by atoms with Crippen molar-refractivity contribution in [1.29, 1.82) is 0 Å². The fraction of sp³-hybridized carbons (Fsp3) is 0.200. The van der Waals surface area contributed by atoms with Gasteiger partial charge in [-0.05, 0) is 12.1 Å². The molecule has 0 aromatic heterocycles. The summed E-state index contributed by atoms with van der Waals surface area (Å²) in [4.78, 5) is 21.2. The lowest BCUT2D eigenvalue weighted by Crippen LogP contribution is -2.14. The van der Waals surface area contributed by atoms with Gasteiger partial charge < -0.3 is 15.6 Å². The van der Waals surface area contributed by atoms with Crippen molar-refractivity contribution in [2.75, 3.05) is 6.61 Å². The maximum Gasteiger partial charge on any atom is 0.306 e. The molecule has 0 unspecified atom stereocenters. The molecule has 0 bridgehead atoms. The van der Waals surface area contributed by atoms with E-state index in [2.05, 4.69) is 0 Å². The normalized spacial score (nSPS) is 9.60. The highest BCUT2D eigenvalue weighted by Crippen LogP contribution is 2.17. The van der Waals surface area contributed by atoms with Crippen molar-refractivity contribution in [3.63, 3.8) is 0 Å². The van der Waals surface area contributed by atoms with Crippen LogP contribution in [0.1, 0.15) is 16.8 Å². The van der Waals surface area contributed by atoms with Crippen LogP contribution in [-0.2, 0) is 4.79 Å². The number of nitrogens with two attached hydrogens (primary N) is 1. The minimum absolute atomic E-state index is 0.0135. The summed E-state index contributed by atoms with van der Waals surface area (Å²) in [6, 6.07) is 6.44. The molecular formula is C10H11NO4. The molecule has 1 amide bonds. The van der Waals surface area contributed by atoms with Crippen LogP contribution < -0.4 is 10.5 Å². The molecule has 1 aromatic rings. The van der Waals surface area contributed by atoms with Gasteiger partial charge in [-0.15, -0.1) is 0 Å². The standard InChI is InChI=1S/C10H11NO4/c11-10(14)7-3-1-2-4-8(7)15-6-5-9(12)13/h1-4H,5-6H2,(H2,11,14)(H,12,13). The highest BCUT2D eigenvalue weighted by atomic mass is 16.5. The van der Waals surface area contributed by atoms with E-state index in [0.717, 1.165) is 0 Å². The van der Waals surface area contributed by atoms with Crippen LogP contribution >= 0.6 is 0 Å². The first-order chi connectivity index (χ1) is 7.11. The number of carbonyl (C=O) groups excluding carboxylic acids is 1. The Kier molecular flexibility index (Phi) is 3.68. The second kappa shape index (κ2) is 4.99. The number of aliphatic carboxylic acids is 1. The maximum atomic E-state index is 10.9. The minimum Gasteiger partial charge on any atom is -0.492 e. The fourth-order valence-corrected chi connectivity index (χ4v) is 1.04. The van der Waals surface area contributed by atoms with Gasteiger partial charge in [-0.25, -0.2) is 0 Å². The van der Waals surface area contributed by atoms with Gasteiger partial charge in [-0.3, -0.25) is 9.59 Å². The topological polar surface area (TPSA) is 89.6 Å². The molecule has 0 aliphatic rings. The lowest BCUT2D eigenvalue weighted by molar-refractivity contribution is -0.137. The molecule has 0 radical (unpaired) electrons. The van der Waals surface area contributed by atoms with Crippen LogP contribution in [0.2, 0.25) is 0 Å². The van der Waals surface area contributed by atoms with Crippen LogP contribution in [0.5, 0.6) is 5.75 Å². The SMILES string of the molecule is NC(=O)c1ccccc1OCCC(=O)O. The molecule has 80 valence electrons. The third-order valence-corrected chi connectivity index (χ3v) is 1.73. The number of ether oxygens (including phenoxy) is 1. The number of carbonyl (C=O) groups is 2. The molecule has 0 saturated carbocycles. The Morgan fingerprint density at radius 1 is 1.33 bits per heavy atom. The predicted octanol–water partition coefficient (Wildman–Crippen LogP) is 0.639. The third kappa shape index (κ3) is 3.30. The Morgan fingerprint density at radius 2 is 2.00 bits per heavy atom. The number of primary amides is 1. The van der Waals surface area contributed by atoms with Crippen LogP contribution in [0.25, 0.3) is 0 Å². The minimum atomic E-state index is -0.952. The Balaban J connectivity index is 2.67. The van der Waals surface area contributed by atoms with Gasteiger partial charge in [-0.1, -0.05) is 12.1 Å². The zero-order chi connectivity index (χ0) is 11.3. The van der Waals surface area contributed by atoms with E-state index >= 15 is 0 Å². The number of benzene rings is 1. The molecule has 1 rings (SSSR count). The summed E-state index contributed by atoms with van der Waals surface area (Å²) in [5.74, 6) is -1.24. The van der Waals surface area contributed by atoms with Gasteiger partial charge in [0.2, 0.25) is 0 Å². The van der Waals surface area contributed by atoms with Gasteiger partial charge in [0.15, 0.2) is 0 Å². The Hall–Kier alpha value is -2.04. The molecule has 0 aliphatic heterocycles. The maximum absolute atomic E-state index is 10.9. The lowest BCUT2D eigenvalue weighted by Gasteiger charge is -2.07. The summed E-state index contributed by atoms with van der Waals surface area (Å²) in [5, 5.41) is 8.40. The molecule has 5 nitrogen and oxygen atoms in total. The van der Waals surface area contributed by atoms with Crippen LogP contribution in [0.15, 0.2) is 24.3 Å². The van der Waals surface area contributed by atoms with Crippen molar-refractivity contribution in [3.05, 3.63) is 29.8 Å². The quantitative estimate of drug-likeness (QED) is 0.744. The van der Waals surface area contributed by atoms with Gasteiger partial charge in [0.1, 0.15) is 5.75 Å². The van der Waals surface area contributed by atoms with Gasteiger partial charge in [0.25, 0.3) is 5.91 Å². The Morgan fingerprint density at radius 3 is 2.60 bits per heavy atom. The highest BCUT2D eigenvalue weighted by Gasteiger charge is 2.08. The second-order valence-corrected chi connectivity index (χ2v) is 2.85. The van der Waals surface area contributed by atoms with Gasteiger partial charge in [-0.2, -0.15) is 0 Å². The van der Waals surface area contributed by atoms with Gasteiger partial charge in [0, 0.05) is 0 Å². The number of carboxylic acid groups (broad SMARTS) is 1. The van der Waals surface area contributed by atoms with Crippen LogP contribution in [0.3, 0.4) is 0 Å². The summed E-state index contributed by atoms with van der Waals surface area (Å²) in [6.07, 6.45) is -0.118. The van der Waals surface area contributed by atoms with Crippen LogP contribution in [0.4, 0.5) is 0 Å². The van der Waals surface area contributed by atoms with E-state index in [1.54, 1.807) is 18.2 Å². The third-order valence-electron chi connectivity index (χ3n) is 1.73. The van der Waals surface area contributed by atoms with E-state index in [4.69, 9.17) is 15.6 Å². The van der Waals surface area contributed by atoms with Crippen molar-refractivity contribution in [2.24, 2.45) is 5.73 Å². The molecular weight excluding hydrogens is 198 g/mol. The molecule has 0 saturated heterocycles. The molecule has 0 aliphatic carbocycles. The summed E-state index contributed by atoms with van der Waals surface area (Å²) in [6.45, 7) is 0.0135. The molecule has 0 heterocycles. The largest absolute Gasteiger partial charge is 0.492 e. The van der Waals surface area contributed by atoms with Crippen molar-refractivity contribution in [3.8, 4) is 5.75 Å².